The summed E-state index contributed by atoms with van der Waals surface area (Å²) >= 11 is 0. The van der Waals surface area contributed by atoms with E-state index in [0.717, 1.165) is 48.5 Å². The molecule has 5 N–H and O–H groups in total. The van der Waals surface area contributed by atoms with Crippen molar-refractivity contribution in [3.05, 3.63) is 157 Å². The average molecular weight is 1180 g/mol. The van der Waals surface area contributed by atoms with E-state index in [4.69, 9.17) is 4.84 Å². The van der Waals surface area contributed by atoms with E-state index in [2.05, 4.69) is 26.6 Å². The van der Waals surface area contributed by atoms with Crippen LogP contribution in [0, 0.1) is 20.8 Å². The molecule has 0 unspecified atom stereocenters. The summed E-state index contributed by atoms with van der Waals surface area (Å²) in [4.78, 5) is 187. The zero-order valence-electron chi connectivity index (χ0n) is 44.6. The maximum atomic E-state index is 13.7. The fourth-order valence-electron chi connectivity index (χ4n) is 8.50. The number of hydroxylamine groups is 2. The SMILES string of the molecule is O=C(CCCC(=O)ON1C(=O)CCC1=O)NCCCC[C@H]1CNC(=O)c2ccc(c(=O)n2[O-])C(=O)NCCCN(C(=O)c2cccc(=O)n2[O-])CCCCN(C(=O)c2cccc(=O)n2[O-])CCCNC(=O)c2ccc(n([O-])c2=O)C(=O)N1.[Ca+2]. The van der Waals surface area contributed by atoms with Crippen molar-refractivity contribution in [1.82, 2.24) is 60.4 Å². The Labute approximate surface area is 499 Å². The first-order valence-corrected chi connectivity index (χ1v) is 25.9. The van der Waals surface area contributed by atoms with E-state index in [1.54, 1.807) is 0 Å². The van der Waals surface area contributed by atoms with E-state index >= 15 is 0 Å². The molecule has 9 amide bonds. The van der Waals surface area contributed by atoms with Gasteiger partial charge in [-0.3, -0.25) is 62.3 Å². The minimum Gasteiger partial charge on any atom is -0.803 e. The Morgan fingerprint density at radius 1 is 0.542 bits per heavy atom. The predicted molar refractivity (Wildman–Crippen MR) is 290 cm³/mol. The summed E-state index contributed by atoms with van der Waals surface area (Å²) in [7, 11) is 0. The predicted octanol–water partition coefficient (Wildman–Crippen LogP) is -1.75. The van der Waals surface area contributed by atoms with Gasteiger partial charge in [-0.05, 0) is 87.8 Å². The normalized spacial score (nSPS) is 16.2. The van der Waals surface area contributed by atoms with Gasteiger partial charge in [0.1, 0.15) is 33.9 Å². The van der Waals surface area contributed by atoms with E-state index in [-0.39, 0.29) is 180 Å². The van der Waals surface area contributed by atoms with Crippen LogP contribution in [0.2, 0.25) is 0 Å². The van der Waals surface area contributed by atoms with Crippen LogP contribution in [-0.4, -0.2) is 189 Å². The Balaban J connectivity index is 0.0000126. The number of carbonyl (C=O) groups is 10. The third-order valence-electron chi connectivity index (χ3n) is 12.9. The van der Waals surface area contributed by atoms with Gasteiger partial charge < -0.3 is 81.0 Å². The van der Waals surface area contributed by atoms with Crippen molar-refractivity contribution < 1.29 is 52.8 Å². The van der Waals surface area contributed by atoms with Gasteiger partial charge in [0, 0.05) is 96.2 Å². The van der Waals surface area contributed by atoms with Crippen LogP contribution in [0.25, 0.3) is 0 Å². The molecule has 8 rings (SSSR count). The number of aromatic nitrogens is 4. The van der Waals surface area contributed by atoms with E-state index < -0.39 is 128 Å². The fourth-order valence-corrected chi connectivity index (χ4v) is 8.50. The molecule has 438 valence electrons. The van der Waals surface area contributed by atoms with Gasteiger partial charge in [0.15, 0.2) is 0 Å². The van der Waals surface area contributed by atoms with Gasteiger partial charge in [-0.1, -0.05) is 12.1 Å². The average Bonchev–Trinajstić information content (AvgIpc) is 4.03. The second kappa shape index (κ2) is 30.8. The number of nitrogens with zero attached hydrogens (tertiary/aromatic N) is 7. The van der Waals surface area contributed by atoms with Crippen LogP contribution in [-0.2, 0) is 24.0 Å². The van der Waals surface area contributed by atoms with Crippen LogP contribution in [0.4, 0.5) is 0 Å². The second-order valence-corrected chi connectivity index (χ2v) is 18.7. The van der Waals surface area contributed by atoms with E-state index in [0.29, 0.717) is 5.06 Å². The molecular weight excluding hydrogens is 1120 g/mol. The molecule has 4 bridgehead atoms. The molecule has 0 radical (unpaired) electrons. The molecule has 4 aromatic rings. The number of fused-ring (bicyclic) bond motifs is 2. The first-order valence-electron chi connectivity index (χ1n) is 25.9. The van der Waals surface area contributed by atoms with Crippen molar-refractivity contribution >= 4 is 96.9 Å². The molecule has 83 heavy (non-hydrogen) atoms. The number of hydrogen-bond acceptors (Lipinski definition) is 19. The number of amides is 9. The number of imide groups is 1. The van der Waals surface area contributed by atoms with Crippen LogP contribution >= 0.6 is 0 Å². The van der Waals surface area contributed by atoms with Gasteiger partial charge in [0.25, 0.3) is 58.4 Å². The molecule has 4 aliphatic heterocycles. The summed E-state index contributed by atoms with van der Waals surface area (Å²) in [5.41, 5.74) is -8.90. The standard InChI is InChI=1S/C51H56N12O19.Ca/c64-38(13-7-16-43(69)82-63-41(67)21-22-42(63)68)52-23-2-1-10-31-30-55-46(72)34-19-17-32(48(74)61(34)80)44(70)53-24-8-28-57(50(76)36-11-5-14-39(65)59(36)78)26-3-4-27-58(51(77)37-12-6-15-40(66)60(37)79)29-9-25-54-45(71)33-18-20-35(47(73)56-31)62(81)49(33)75;/h5-6,11-12,14-15,17-20,31H,1-4,7-10,13,16,21-30H2,(H,52,64)(H,53,70)(H,54,71)(H,55,72)(H,56,73);/q-4;+2/t31-;/m0./s1. The topological polar surface area (TPSA) is 430 Å². The van der Waals surface area contributed by atoms with Crippen LogP contribution < -0.4 is 48.8 Å². The number of carbonyl (C=O) groups excluding carboxylic acids is 10. The third kappa shape index (κ3) is 17.3. The van der Waals surface area contributed by atoms with Crippen LogP contribution in [0.1, 0.15) is 140 Å². The Hall–Kier alpha value is -8.84. The molecule has 1 saturated heterocycles. The summed E-state index contributed by atoms with van der Waals surface area (Å²) in [6.45, 7) is -1.35. The van der Waals surface area contributed by atoms with Crippen molar-refractivity contribution in [3.63, 3.8) is 0 Å². The van der Waals surface area contributed by atoms with Crippen molar-refractivity contribution in [2.24, 2.45) is 0 Å². The van der Waals surface area contributed by atoms with E-state index in [1.807, 2.05) is 0 Å². The molecule has 32 heteroatoms. The second-order valence-electron chi connectivity index (χ2n) is 18.7. The van der Waals surface area contributed by atoms with Crippen molar-refractivity contribution in [3.8, 4) is 0 Å². The molecule has 0 aliphatic carbocycles. The van der Waals surface area contributed by atoms with Gasteiger partial charge in [0.05, 0.1) is 0 Å². The third-order valence-corrected chi connectivity index (χ3v) is 12.9. The Bertz CT molecular complexity index is 3360. The Morgan fingerprint density at radius 2 is 1.02 bits per heavy atom. The van der Waals surface area contributed by atoms with Crippen LogP contribution in [0.5, 0.6) is 0 Å². The smallest absolute Gasteiger partial charge is 0.803 e. The maximum absolute atomic E-state index is 13.7. The van der Waals surface area contributed by atoms with Gasteiger partial charge in [-0.2, -0.15) is 0 Å². The maximum Gasteiger partial charge on any atom is 2.00 e. The van der Waals surface area contributed by atoms with Crippen molar-refractivity contribution in [2.45, 2.75) is 83.1 Å². The molecule has 0 saturated carbocycles. The fraction of sp³-hybridized carbons (Fsp3) is 0.412. The monoisotopic (exact) mass is 1180 g/mol. The van der Waals surface area contributed by atoms with Crippen molar-refractivity contribution in [1.29, 1.82) is 0 Å². The quantitative estimate of drug-likeness (QED) is 0.0596. The Kier molecular flexibility index (Phi) is 24.1. The molecule has 8 heterocycles. The number of rotatable bonds is 12. The summed E-state index contributed by atoms with van der Waals surface area (Å²) in [6, 6.07) is 9.06. The van der Waals surface area contributed by atoms with Crippen LogP contribution in [0.15, 0.2) is 79.8 Å². The van der Waals surface area contributed by atoms with E-state index in [1.165, 1.54) is 21.9 Å². The summed E-state index contributed by atoms with van der Waals surface area (Å²) in [5.74, 6) is -8.79. The molecule has 1 atom stereocenters. The Morgan fingerprint density at radius 3 is 1.53 bits per heavy atom. The summed E-state index contributed by atoms with van der Waals surface area (Å²) in [6.07, 6.45) is 0.132. The number of nitrogens with one attached hydrogen (secondary N) is 5. The number of unbranched alkanes of at least 4 members (excludes halogenated alkanes) is 1. The van der Waals surface area contributed by atoms with Crippen LogP contribution in [0.3, 0.4) is 0 Å². The first-order chi connectivity index (χ1) is 39.2. The number of pyridine rings is 4. The molecule has 0 aromatic carbocycles. The van der Waals surface area contributed by atoms with E-state index in [9.17, 15) is 88.0 Å². The number of hydrogen-bond donors (Lipinski definition) is 5. The minimum atomic E-state index is -1.45. The summed E-state index contributed by atoms with van der Waals surface area (Å²) < 4.78 is -0.901. The van der Waals surface area contributed by atoms with Crippen molar-refractivity contribution in [2.75, 3.05) is 52.4 Å². The molecular formula is C51H56CaN12O19-2. The zero-order chi connectivity index (χ0) is 59.6. The zero-order valence-corrected chi connectivity index (χ0v) is 46.8. The summed E-state index contributed by atoms with van der Waals surface area (Å²) in [5, 5.41) is 64.6. The largest absolute Gasteiger partial charge is 2.00 e. The first kappa shape index (κ1) is 65.0. The van der Waals surface area contributed by atoms with Gasteiger partial charge in [-0.25, -0.2) is 4.79 Å². The van der Waals surface area contributed by atoms with Gasteiger partial charge >= 0.3 is 43.7 Å². The molecule has 1 fully saturated rings. The van der Waals surface area contributed by atoms with Gasteiger partial charge in [0.2, 0.25) is 17.0 Å². The van der Waals surface area contributed by atoms with Gasteiger partial charge in [-0.15, -0.1) is 5.06 Å². The minimum absolute atomic E-state index is 0. The molecule has 0 spiro atoms. The molecule has 4 aliphatic rings. The molecule has 4 aromatic heterocycles. The molecule has 31 nitrogen and oxygen atoms in total.